The number of carbonyl (C=O) groups is 1. The lowest BCUT2D eigenvalue weighted by molar-refractivity contribution is -0.385. The molecule has 22 heavy (non-hydrogen) atoms. The number of nitro groups is 1. The molecule has 2 aromatic rings. The van der Waals surface area contributed by atoms with E-state index in [1.54, 1.807) is 24.3 Å². The number of benzene rings is 1. The summed E-state index contributed by atoms with van der Waals surface area (Å²) in [5.74, 6) is 0.316. The van der Waals surface area contributed by atoms with E-state index in [0.29, 0.717) is 10.8 Å². The summed E-state index contributed by atoms with van der Waals surface area (Å²) in [6, 6.07) is 9.24. The molecule has 0 saturated carbocycles. The number of halogens is 1. The largest absolute Gasteiger partial charge is 0.484 e. The molecule has 0 aliphatic carbocycles. The number of rotatable bonds is 5. The van der Waals surface area contributed by atoms with Gasteiger partial charge in [0.25, 0.3) is 11.6 Å². The standard InChI is InChI=1S/C14H12ClN3O4/c1-9-12(18(20)21)6-7-13(16-9)17-14(19)8-22-11-4-2-10(15)3-5-11/h2-7H,8H2,1H3,(H,16,17,19). The van der Waals surface area contributed by atoms with E-state index < -0.39 is 10.8 Å². The minimum Gasteiger partial charge on any atom is -0.484 e. The minimum atomic E-state index is -0.530. The van der Waals surface area contributed by atoms with Gasteiger partial charge in [0.05, 0.1) is 4.92 Å². The zero-order valence-electron chi connectivity index (χ0n) is 11.6. The number of ether oxygens (including phenoxy) is 1. The zero-order chi connectivity index (χ0) is 16.1. The Bertz CT molecular complexity index is 704. The van der Waals surface area contributed by atoms with E-state index >= 15 is 0 Å². The highest BCUT2D eigenvalue weighted by Gasteiger charge is 2.13. The molecule has 0 aliphatic rings. The molecule has 114 valence electrons. The highest BCUT2D eigenvalue weighted by molar-refractivity contribution is 6.30. The molecule has 7 nitrogen and oxygen atoms in total. The first-order valence-corrected chi connectivity index (χ1v) is 6.64. The van der Waals surface area contributed by atoms with Crippen molar-refractivity contribution < 1.29 is 14.5 Å². The van der Waals surface area contributed by atoms with Crippen LogP contribution in [0.5, 0.6) is 5.75 Å². The van der Waals surface area contributed by atoms with E-state index in [-0.39, 0.29) is 23.8 Å². The quantitative estimate of drug-likeness (QED) is 0.674. The van der Waals surface area contributed by atoms with E-state index in [0.717, 1.165) is 0 Å². The third kappa shape index (κ3) is 4.16. The van der Waals surface area contributed by atoms with Crippen LogP contribution in [-0.4, -0.2) is 22.4 Å². The summed E-state index contributed by atoms with van der Waals surface area (Å²) < 4.78 is 5.28. The Morgan fingerprint density at radius 2 is 2.00 bits per heavy atom. The maximum absolute atomic E-state index is 11.7. The lowest BCUT2D eigenvalue weighted by Gasteiger charge is -2.07. The van der Waals surface area contributed by atoms with Crippen LogP contribution in [0.3, 0.4) is 0 Å². The number of carbonyl (C=O) groups excluding carboxylic acids is 1. The first-order chi connectivity index (χ1) is 10.5. The molecular weight excluding hydrogens is 310 g/mol. The fourth-order valence-electron chi connectivity index (χ4n) is 1.67. The zero-order valence-corrected chi connectivity index (χ0v) is 12.3. The highest BCUT2D eigenvalue weighted by Crippen LogP contribution is 2.18. The lowest BCUT2D eigenvalue weighted by Crippen LogP contribution is -2.21. The fraction of sp³-hybridized carbons (Fsp3) is 0.143. The fourth-order valence-corrected chi connectivity index (χ4v) is 1.80. The summed E-state index contributed by atoms with van der Waals surface area (Å²) in [5, 5.41) is 13.8. The molecule has 1 amide bonds. The van der Waals surface area contributed by atoms with E-state index in [1.165, 1.54) is 19.1 Å². The Labute approximate surface area is 131 Å². The maximum Gasteiger partial charge on any atom is 0.290 e. The van der Waals surface area contributed by atoms with E-state index in [4.69, 9.17) is 16.3 Å². The van der Waals surface area contributed by atoms with Crippen molar-refractivity contribution in [3.05, 3.63) is 57.2 Å². The summed E-state index contributed by atoms with van der Waals surface area (Å²) in [5.41, 5.74) is 0.122. The van der Waals surface area contributed by atoms with Gasteiger partial charge in [-0.25, -0.2) is 4.98 Å². The third-order valence-electron chi connectivity index (χ3n) is 2.71. The number of anilines is 1. The molecule has 0 radical (unpaired) electrons. The summed E-state index contributed by atoms with van der Waals surface area (Å²) in [4.78, 5) is 25.9. The third-order valence-corrected chi connectivity index (χ3v) is 2.96. The van der Waals surface area contributed by atoms with Gasteiger partial charge in [-0.1, -0.05) is 11.6 Å². The Balaban J connectivity index is 1.93. The second kappa shape index (κ2) is 6.86. The lowest BCUT2D eigenvalue weighted by atomic mass is 10.3. The second-order valence-corrected chi connectivity index (χ2v) is 4.79. The first kappa shape index (κ1) is 15.7. The Morgan fingerprint density at radius 3 is 2.59 bits per heavy atom. The van der Waals surface area contributed by atoms with Crippen LogP contribution in [0.25, 0.3) is 0 Å². The van der Waals surface area contributed by atoms with E-state index in [1.807, 2.05) is 0 Å². The van der Waals surface area contributed by atoms with Crippen molar-refractivity contribution in [3.63, 3.8) is 0 Å². The molecule has 0 aliphatic heterocycles. The molecular formula is C14H12ClN3O4. The van der Waals surface area contributed by atoms with Gasteiger partial charge in [-0.2, -0.15) is 0 Å². The predicted molar refractivity (Wildman–Crippen MR) is 81.2 cm³/mol. The average molecular weight is 322 g/mol. The predicted octanol–water partition coefficient (Wildman–Crippen LogP) is 2.97. The van der Waals surface area contributed by atoms with Gasteiger partial charge in [-0.05, 0) is 37.3 Å². The summed E-state index contributed by atoms with van der Waals surface area (Å²) in [6.45, 7) is 1.29. The molecule has 1 aromatic heterocycles. The minimum absolute atomic E-state index is 0.101. The Hall–Kier alpha value is -2.67. The van der Waals surface area contributed by atoms with Crippen molar-refractivity contribution in [3.8, 4) is 5.75 Å². The topological polar surface area (TPSA) is 94.4 Å². The summed E-state index contributed by atoms with van der Waals surface area (Å²) in [7, 11) is 0. The second-order valence-electron chi connectivity index (χ2n) is 4.35. The summed E-state index contributed by atoms with van der Waals surface area (Å²) >= 11 is 5.74. The Kier molecular flexibility index (Phi) is 4.90. The number of nitrogens with zero attached hydrogens (tertiary/aromatic N) is 2. The number of aryl methyl sites for hydroxylation is 1. The van der Waals surface area contributed by atoms with Crippen LogP contribution in [0.2, 0.25) is 5.02 Å². The van der Waals surface area contributed by atoms with Crippen molar-refractivity contribution in [2.24, 2.45) is 0 Å². The number of aromatic nitrogens is 1. The van der Waals surface area contributed by atoms with Crippen molar-refractivity contribution in [1.29, 1.82) is 0 Å². The smallest absolute Gasteiger partial charge is 0.290 e. The van der Waals surface area contributed by atoms with Crippen LogP contribution in [0.15, 0.2) is 36.4 Å². The average Bonchev–Trinajstić information content (AvgIpc) is 2.46. The van der Waals surface area contributed by atoms with Gasteiger partial charge in [-0.3, -0.25) is 14.9 Å². The van der Waals surface area contributed by atoms with Gasteiger partial charge >= 0.3 is 0 Å². The van der Waals surface area contributed by atoms with Crippen molar-refractivity contribution in [2.45, 2.75) is 6.92 Å². The molecule has 0 saturated heterocycles. The number of hydrogen-bond acceptors (Lipinski definition) is 5. The highest BCUT2D eigenvalue weighted by atomic mass is 35.5. The van der Waals surface area contributed by atoms with Crippen molar-refractivity contribution in [2.75, 3.05) is 11.9 Å². The van der Waals surface area contributed by atoms with Crippen LogP contribution in [0, 0.1) is 17.0 Å². The van der Waals surface area contributed by atoms with Gasteiger partial charge in [-0.15, -0.1) is 0 Å². The molecule has 0 unspecified atom stereocenters. The number of amides is 1. The van der Waals surface area contributed by atoms with E-state index in [2.05, 4.69) is 10.3 Å². The molecule has 0 fully saturated rings. The van der Waals surface area contributed by atoms with Gasteiger partial charge in [0.15, 0.2) is 6.61 Å². The monoisotopic (exact) mass is 321 g/mol. The molecule has 0 bridgehead atoms. The van der Waals surface area contributed by atoms with Crippen LogP contribution in [0.1, 0.15) is 5.69 Å². The van der Waals surface area contributed by atoms with Gasteiger partial charge in [0.2, 0.25) is 0 Å². The van der Waals surface area contributed by atoms with Crippen LogP contribution < -0.4 is 10.1 Å². The Morgan fingerprint density at radius 1 is 1.32 bits per heavy atom. The number of hydrogen-bond donors (Lipinski definition) is 1. The number of nitrogens with one attached hydrogen (secondary N) is 1. The maximum atomic E-state index is 11.7. The molecule has 8 heteroatoms. The molecule has 0 spiro atoms. The molecule has 1 N–H and O–H groups in total. The molecule has 1 aromatic carbocycles. The normalized spacial score (nSPS) is 10.1. The van der Waals surface area contributed by atoms with Gasteiger partial charge in [0, 0.05) is 11.1 Å². The van der Waals surface area contributed by atoms with Gasteiger partial charge in [0.1, 0.15) is 17.3 Å². The van der Waals surface area contributed by atoms with Gasteiger partial charge < -0.3 is 10.1 Å². The molecule has 1 heterocycles. The first-order valence-electron chi connectivity index (χ1n) is 6.26. The summed E-state index contributed by atoms with van der Waals surface area (Å²) in [6.07, 6.45) is 0. The van der Waals surface area contributed by atoms with Crippen LogP contribution in [0.4, 0.5) is 11.5 Å². The van der Waals surface area contributed by atoms with Crippen LogP contribution in [-0.2, 0) is 4.79 Å². The SMILES string of the molecule is Cc1nc(NC(=O)COc2ccc(Cl)cc2)ccc1[N+](=O)[O-]. The van der Waals surface area contributed by atoms with Crippen molar-refractivity contribution >= 4 is 29.0 Å². The molecule has 2 rings (SSSR count). The van der Waals surface area contributed by atoms with Crippen molar-refractivity contribution in [1.82, 2.24) is 4.98 Å². The number of pyridine rings is 1. The van der Waals surface area contributed by atoms with E-state index in [9.17, 15) is 14.9 Å². The van der Waals surface area contributed by atoms with Crippen LogP contribution >= 0.6 is 11.6 Å². The molecule has 0 atom stereocenters.